The Morgan fingerprint density at radius 2 is 1.95 bits per heavy atom. The quantitative estimate of drug-likeness (QED) is 0.595. The molecule has 6 heteroatoms. The zero-order chi connectivity index (χ0) is 14.6. The summed E-state index contributed by atoms with van der Waals surface area (Å²) in [7, 11) is 3.39. The largest absolute Gasteiger partial charge is 0.385 e. The van der Waals surface area contributed by atoms with Gasteiger partial charge in [0.1, 0.15) is 0 Å². The Morgan fingerprint density at radius 3 is 2.70 bits per heavy atom. The van der Waals surface area contributed by atoms with E-state index in [1.54, 1.807) is 14.2 Å². The van der Waals surface area contributed by atoms with Crippen LogP contribution in [0.3, 0.4) is 0 Å². The summed E-state index contributed by atoms with van der Waals surface area (Å²) in [6.45, 7) is 7.10. The van der Waals surface area contributed by atoms with Gasteiger partial charge in [0.05, 0.1) is 13.2 Å². The molecule has 1 fully saturated rings. The van der Waals surface area contributed by atoms with E-state index >= 15 is 0 Å². The van der Waals surface area contributed by atoms with Gasteiger partial charge in [0, 0.05) is 53.6 Å². The first kappa shape index (κ1) is 17.4. The van der Waals surface area contributed by atoms with Crippen LogP contribution >= 0.6 is 0 Å². The van der Waals surface area contributed by atoms with Gasteiger partial charge in [-0.2, -0.15) is 0 Å². The van der Waals surface area contributed by atoms with E-state index in [1.165, 1.54) is 0 Å². The number of ether oxygens (including phenoxy) is 2. The highest BCUT2D eigenvalue weighted by molar-refractivity contribution is 5.78. The smallest absolute Gasteiger partial charge is 0.236 e. The minimum atomic E-state index is 0.224. The van der Waals surface area contributed by atoms with E-state index in [2.05, 4.69) is 10.2 Å². The fourth-order valence-electron chi connectivity index (χ4n) is 2.31. The van der Waals surface area contributed by atoms with Gasteiger partial charge in [-0.1, -0.05) is 0 Å². The van der Waals surface area contributed by atoms with Crippen molar-refractivity contribution in [2.75, 3.05) is 73.2 Å². The number of hydrogen-bond acceptors (Lipinski definition) is 5. The molecule has 0 spiro atoms. The Kier molecular flexibility index (Phi) is 9.57. The van der Waals surface area contributed by atoms with E-state index < -0.39 is 0 Å². The van der Waals surface area contributed by atoms with Crippen molar-refractivity contribution in [2.24, 2.45) is 0 Å². The Morgan fingerprint density at radius 1 is 1.15 bits per heavy atom. The molecular formula is C14H29N3O3. The number of amides is 1. The van der Waals surface area contributed by atoms with Crippen LogP contribution in [0, 0.1) is 0 Å². The highest BCUT2D eigenvalue weighted by atomic mass is 16.5. The van der Waals surface area contributed by atoms with Crippen LogP contribution in [-0.4, -0.2) is 89.0 Å². The van der Waals surface area contributed by atoms with Gasteiger partial charge in [0.2, 0.25) is 5.91 Å². The fourth-order valence-corrected chi connectivity index (χ4v) is 2.31. The Hall–Kier alpha value is -0.690. The van der Waals surface area contributed by atoms with E-state index in [0.29, 0.717) is 13.2 Å². The molecule has 1 saturated heterocycles. The first-order valence-electron chi connectivity index (χ1n) is 7.46. The number of nitrogens with one attached hydrogen (secondary N) is 1. The molecule has 1 aliphatic heterocycles. The minimum absolute atomic E-state index is 0.224. The molecule has 1 amide bonds. The predicted molar refractivity (Wildman–Crippen MR) is 78.9 cm³/mol. The maximum atomic E-state index is 12.3. The third-order valence-corrected chi connectivity index (χ3v) is 3.49. The van der Waals surface area contributed by atoms with E-state index in [4.69, 9.17) is 9.47 Å². The van der Waals surface area contributed by atoms with Crippen molar-refractivity contribution in [2.45, 2.75) is 12.8 Å². The molecule has 0 atom stereocenters. The first-order valence-corrected chi connectivity index (χ1v) is 7.46. The van der Waals surface area contributed by atoms with Gasteiger partial charge < -0.3 is 19.7 Å². The molecule has 1 N–H and O–H groups in total. The first-order chi connectivity index (χ1) is 9.77. The standard InChI is InChI=1S/C14H29N3O3/c1-19-11-4-7-16(10-12-20-2)13-14(18)17-8-3-5-15-6-9-17/h15H,3-13H2,1-2H3. The van der Waals surface area contributed by atoms with Crippen molar-refractivity contribution >= 4 is 5.91 Å². The van der Waals surface area contributed by atoms with E-state index in [0.717, 1.165) is 58.7 Å². The average Bonchev–Trinajstić information content (AvgIpc) is 2.73. The van der Waals surface area contributed by atoms with Crippen LogP contribution in [0.5, 0.6) is 0 Å². The molecule has 118 valence electrons. The molecule has 1 aliphatic rings. The lowest BCUT2D eigenvalue weighted by Gasteiger charge is -2.26. The van der Waals surface area contributed by atoms with Crippen molar-refractivity contribution in [3.8, 4) is 0 Å². The Balaban J connectivity index is 2.37. The van der Waals surface area contributed by atoms with Crippen molar-refractivity contribution in [3.63, 3.8) is 0 Å². The second-order valence-electron chi connectivity index (χ2n) is 5.10. The third kappa shape index (κ3) is 7.19. The van der Waals surface area contributed by atoms with E-state index in [1.807, 2.05) is 4.90 Å². The van der Waals surface area contributed by atoms with Gasteiger partial charge >= 0.3 is 0 Å². The van der Waals surface area contributed by atoms with Gasteiger partial charge in [-0.05, 0) is 19.4 Å². The summed E-state index contributed by atoms with van der Waals surface area (Å²) in [5.74, 6) is 0.224. The molecule has 0 aliphatic carbocycles. The third-order valence-electron chi connectivity index (χ3n) is 3.49. The fraction of sp³-hybridized carbons (Fsp3) is 0.929. The Bertz CT molecular complexity index is 256. The topological polar surface area (TPSA) is 54.0 Å². The summed E-state index contributed by atoms with van der Waals surface area (Å²) < 4.78 is 10.2. The SMILES string of the molecule is COCCCN(CCOC)CC(=O)N1CCCNCC1. The molecule has 20 heavy (non-hydrogen) atoms. The summed E-state index contributed by atoms with van der Waals surface area (Å²) in [6.07, 6.45) is 1.97. The molecule has 0 aromatic carbocycles. The normalized spacial score (nSPS) is 16.4. The van der Waals surface area contributed by atoms with Crippen LogP contribution in [-0.2, 0) is 14.3 Å². The molecule has 1 rings (SSSR count). The zero-order valence-electron chi connectivity index (χ0n) is 12.9. The van der Waals surface area contributed by atoms with Gasteiger partial charge in [0.15, 0.2) is 0 Å². The van der Waals surface area contributed by atoms with Crippen LogP contribution in [0.1, 0.15) is 12.8 Å². The van der Waals surface area contributed by atoms with Crippen molar-refractivity contribution in [1.82, 2.24) is 15.1 Å². The highest BCUT2D eigenvalue weighted by Gasteiger charge is 2.18. The van der Waals surface area contributed by atoms with Gasteiger partial charge in [-0.15, -0.1) is 0 Å². The molecule has 1 heterocycles. The van der Waals surface area contributed by atoms with Gasteiger partial charge in [-0.3, -0.25) is 9.69 Å². The lowest BCUT2D eigenvalue weighted by Crippen LogP contribution is -2.43. The monoisotopic (exact) mass is 287 g/mol. The second kappa shape index (κ2) is 11.0. The molecule has 0 radical (unpaired) electrons. The number of rotatable bonds is 9. The Labute approximate surface area is 122 Å². The lowest BCUT2D eigenvalue weighted by atomic mass is 10.3. The molecule has 0 unspecified atom stereocenters. The summed E-state index contributed by atoms with van der Waals surface area (Å²) in [6, 6.07) is 0. The van der Waals surface area contributed by atoms with Crippen LogP contribution in [0.2, 0.25) is 0 Å². The second-order valence-corrected chi connectivity index (χ2v) is 5.10. The van der Waals surface area contributed by atoms with Gasteiger partial charge in [0.25, 0.3) is 0 Å². The molecular weight excluding hydrogens is 258 g/mol. The van der Waals surface area contributed by atoms with Gasteiger partial charge in [-0.25, -0.2) is 0 Å². The zero-order valence-corrected chi connectivity index (χ0v) is 12.9. The average molecular weight is 287 g/mol. The maximum Gasteiger partial charge on any atom is 0.236 e. The molecule has 0 aromatic heterocycles. The summed E-state index contributed by atoms with van der Waals surface area (Å²) in [4.78, 5) is 16.5. The van der Waals surface area contributed by atoms with E-state index in [9.17, 15) is 4.79 Å². The number of carbonyl (C=O) groups is 1. The summed E-state index contributed by atoms with van der Waals surface area (Å²) in [5, 5.41) is 3.32. The predicted octanol–water partition coefficient (Wildman–Crippen LogP) is -0.207. The number of carbonyl (C=O) groups excluding carboxylic acids is 1. The van der Waals surface area contributed by atoms with E-state index in [-0.39, 0.29) is 5.91 Å². The van der Waals surface area contributed by atoms with Crippen LogP contribution in [0.25, 0.3) is 0 Å². The van der Waals surface area contributed by atoms with Crippen LogP contribution in [0.15, 0.2) is 0 Å². The lowest BCUT2D eigenvalue weighted by molar-refractivity contribution is -0.132. The number of hydrogen-bond donors (Lipinski definition) is 1. The number of nitrogens with zero attached hydrogens (tertiary/aromatic N) is 2. The van der Waals surface area contributed by atoms with Crippen molar-refractivity contribution < 1.29 is 14.3 Å². The maximum absolute atomic E-state index is 12.3. The summed E-state index contributed by atoms with van der Waals surface area (Å²) in [5.41, 5.74) is 0. The highest BCUT2D eigenvalue weighted by Crippen LogP contribution is 2.00. The summed E-state index contributed by atoms with van der Waals surface area (Å²) >= 11 is 0. The number of methoxy groups -OCH3 is 2. The minimum Gasteiger partial charge on any atom is -0.385 e. The van der Waals surface area contributed by atoms with Crippen LogP contribution < -0.4 is 5.32 Å². The van der Waals surface area contributed by atoms with Crippen LogP contribution in [0.4, 0.5) is 0 Å². The van der Waals surface area contributed by atoms with Crippen molar-refractivity contribution in [3.05, 3.63) is 0 Å². The molecule has 0 bridgehead atoms. The molecule has 0 aromatic rings. The molecule has 0 saturated carbocycles. The molecule has 6 nitrogen and oxygen atoms in total. The van der Waals surface area contributed by atoms with Crippen molar-refractivity contribution in [1.29, 1.82) is 0 Å².